The molecular formula is C14H17FN4OS. The average molecular weight is 308 g/mol. The number of nitrogens with zero attached hydrogens (tertiary/aromatic N) is 3. The average Bonchev–Trinajstić information content (AvgIpc) is 2.84. The fourth-order valence-electron chi connectivity index (χ4n) is 1.88. The van der Waals surface area contributed by atoms with E-state index in [1.807, 2.05) is 14.1 Å². The van der Waals surface area contributed by atoms with Crippen molar-refractivity contribution in [1.82, 2.24) is 4.98 Å². The second kappa shape index (κ2) is 6.09. The minimum Gasteiger partial charge on any atom is -0.382 e. The molecule has 21 heavy (non-hydrogen) atoms. The minimum atomic E-state index is -0.441. The van der Waals surface area contributed by atoms with Crippen LogP contribution in [0.25, 0.3) is 0 Å². The smallest absolute Gasteiger partial charge is 0.272 e. The summed E-state index contributed by atoms with van der Waals surface area (Å²) in [6, 6.07) is 6.17. The Kier molecular flexibility index (Phi) is 4.42. The van der Waals surface area contributed by atoms with Crippen LogP contribution in [-0.4, -0.2) is 31.5 Å². The normalized spacial score (nSPS) is 10.5. The van der Waals surface area contributed by atoms with E-state index in [1.165, 1.54) is 22.3 Å². The summed E-state index contributed by atoms with van der Waals surface area (Å²) in [6.07, 6.45) is 0. The number of anilines is 3. The van der Waals surface area contributed by atoms with Crippen molar-refractivity contribution in [3.05, 3.63) is 35.0 Å². The van der Waals surface area contributed by atoms with E-state index in [4.69, 9.17) is 5.73 Å². The zero-order valence-electron chi connectivity index (χ0n) is 12.1. The van der Waals surface area contributed by atoms with Gasteiger partial charge in [-0.15, -0.1) is 0 Å². The number of para-hydroxylation sites is 1. The van der Waals surface area contributed by atoms with Crippen molar-refractivity contribution in [2.75, 3.05) is 36.2 Å². The number of rotatable bonds is 4. The van der Waals surface area contributed by atoms with Gasteiger partial charge in [0.25, 0.3) is 5.91 Å². The summed E-state index contributed by atoms with van der Waals surface area (Å²) in [4.78, 5) is 20.2. The number of aromatic nitrogens is 1. The topological polar surface area (TPSA) is 62.5 Å². The molecule has 0 aliphatic rings. The van der Waals surface area contributed by atoms with E-state index >= 15 is 0 Å². The Morgan fingerprint density at radius 3 is 2.57 bits per heavy atom. The molecule has 0 saturated heterocycles. The molecule has 0 aliphatic carbocycles. The molecular weight excluding hydrogens is 291 g/mol. The van der Waals surface area contributed by atoms with Crippen LogP contribution in [0.3, 0.4) is 0 Å². The van der Waals surface area contributed by atoms with Gasteiger partial charge in [0.05, 0.1) is 5.69 Å². The third kappa shape index (κ3) is 2.97. The molecule has 1 aromatic carbocycles. The number of amides is 1. The molecule has 0 atom stereocenters. The Hall–Kier alpha value is -2.15. The maximum Gasteiger partial charge on any atom is 0.272 e. The lowest BCUT2D eigenvalue weighted by Gasteiger charge is -2.20. The first-order valence-corrected chi connectivity index (χ1v) is 7.27. The summed E-state index contributed by atoms with van der Waals surface area (Å²) in [5.41, 5.74) is 6.06. The largest absolute Gasteiger partial charge is 0.382 e. The van der Waals surface area contributed by atoms with Crippen LogP contribution >= 0.6 is 11.3 Å². The molecule has 0 unspecified atom stereocenters. The fourth-order valence-corrected chi connectivity index (χ4v) is 2.74. The minimum absolute atomic E-state index is 0.170. The summed E-state index contributed by atoms with van der Waals surface area (Å²) < 4.78 is 13.9. The number of hydrogen-bond donors (Lipinski definition) is 1. The molecule has 0 fully saturated rings. The highest BCUT2D eigenvalue weighted by atomic mass is 32.1. The van der Waals surface area contributed by atoms with Crippen molar-refractivity contribution in [3.63, 3.8) is 0 Å². The van der Waals surface area contributed by atoms with Crippen LogP contribution in [0.1, 0.15) is 16.6 Å². The molecule has 2 aromatic rings. The van der Waals surface area contributed by atoms with E-state index in [0.717, 1.165) is 0 Å². The van der Waals surface area contributed by atoms with Gasteiger partial charge in [-0.1, -0.05) is 23.5 Å². The lowest BCUT2D eigenvalue weighted by Crippen LogP contribution is -2.31. The zero-order valence-corrected chi connectivity index (χ0v) is 12.9. The molecule has 0 spiro atoms. The van der Waals surface area contributed by atoms with E-state index in [0.29, 0.717) is 16.6 Å². The van der Waals surface area contributed by atoms with Crippen molar-refractivity contribution in [1.29, 1.82) is 0 Å². The van der Waals surface area contributed by atoms with Crippen molar-refractivity contribution >= 4 is 33.9 Å². The van der Waals surface area contributed by atoms with Crippen LogP contribution in [-0.2, 0) is 0 Å². The molecule has 0 bridgehead atoms. The first-order valence-electron chi connectivity index (χ1n) is 6.45. The molecule has 1 aromatic heterocycles. The highest BCUT2D eigenvalue weighted by Crippen LogP contribution is 2.30. The van der Waals surface area contributed by atoms with Crippen LogP contribution in [0.15, 0.2) is 24.3 Å². The second-order valence-corrected chi connectivity index (χ2v) is 5.58. The fraction of sp³-hybridized carbons (Fsp3) is 0.286. The molecule has 2 N–H and O–H groups in total. The van der Waals surface area contributed by atoms with Gasteiger partial charge in [0.1, 0.15) is 16.5 Å². The first kappa shape index (κ1) is 15.2. The monoisotopic (exact) mass is 308 g/mol. The highest BCUT2D eigenvalue weighted by Gasteiger charge is 2.24. The standard InChI is InChI=1S/C14H17FN4OS/c1-4-19(10-8-6-5-7-9(10)15)13(20)11-12(16)17-14(21-11)18(2)3/h5-8H,4,16H2,1-3H3. The SMILES string of the molecule is CCN(C(=O)c1sc(N(C)C)nc1N)c1ccccc1F. The third-order valence-corrected chi connectivity index (χ3v) is 4.15. The lowest BCUT2D eigenvalue weighted by molar-refractivity contribution is 0.0992. The Morgan fingerprint density at radius 2 is 2.05 bits per heavy atom. The quantitative estimate of drug-likeness (QED) is 0.943. The van der Waals surface area contributed by atoms with Gasteiger partial charge in [-0.25, -0.2) is 9.37 Å². The lowest BCUT2D eigenvalue weighted by atomic mass is 10.2. The molecule has 7 heteroatoms. The van der Waals surface area contributed by atoms with Crippen molar-refractivity contribution in [2.45, 2.75) is 6.92 Å². The molecule has 5 nitrogen and oxygen atoms in total. The van der Waals surface area contributed by atoms with Crippen LogP contribution in [0.5, 0.6) is 0 Å². The Labute approximate surface area is 126 Å². The predicted octanol–water partition coefficient (Wildman–Crippen LogP) is 2.60. The van der Waals surface area contributed by atoms with Crippen LogP contribution in [0.4, 0.5) is 21.0 Å². The molecule has 1 amide bonds. The Morgan fingerprint density at radius 1 is 1.38 bits per heavy atom. The molecule has 2 rings (SSSR count). The maximum atomic E-state index is 13.9. The van der Waals surface area contributed by atoms with Gasteiger partial charge in [0, 0.05) is 20.6 Å². The highest BCUT2D eigenvalue weighted by molar-refractivity contribution is 7.18. The predicted molar refractivity (Wildman–Crippen MR) is 84.6 cm³/mol. The van der Waals surface area contributed by atoms with Gasteiger partial charge >= 0.3 is 0 Å². The van der Waals surface area contributed by atoms with E-state index in [2.05, 4.69) is 4.98 Å². The van der Waals surface area contributed by atoms with Gasteiger partial charge in [0.2, 0.25) is 0 Å². The van der Waals surface area contributed by atoms with Crippen LogP contribution in [0.2, 0.25) is 0 Å². The Bertz CT molecular complexity index is 656. The number of carbonyl (C=O) groups excluding carboxylic acids is 1. The summed E-state index contributed by atoms with van der Waals surface area (Å²) in [5, 5.41) is 0.639. The molecule has 0 radical (unpaired) electrons. The number of halogens is 1. The molecule has 0 aliphatic heterocycles. The van der Waals surface area contributed by atoms with E-state index in [9.17, 15) is 9.18 Å². The maximum absolute atomic E-state index is 13.9. The number of benzene rings is 1. The summed E-state index contributed by atoms with van der Waals surface area (Å²) >= 11 is 1.20. The van der Waals surface area contributed by atoms with E-state index in [1.54, 1.807) is 30.0 Å². The third-order valence-electron chi connectivity index (χ3n) is 2.92. The molecule has 1 heterocycles. The van der Waals surface area contributed by atoms with E-state index < -0.39 is 5.82 Å². The van der Waals surface area contributed by atoms with E-state index in [-0.39, 0.29) is 17.4 Å². The number of nitrogen functional groups attached to an aromatic ring is 1. The second-order valence-electron chi connectivity index (χ2n) is 4.61. The van der Waals surface area contributed by atoms with Gasteiger partial charge in [-0.05, 0) is 19.1 Å². The number of thiazole rings is 1. The van der Waals surface area contributed by atoms with Crippen molar-refractivity contribution in [3.8, 4) is 0 Å². The molecule has 112 valence electrons. The Balaban J connectivity index is 2.40. The first-order chi connectivity index (χ1) is 9.95. The van der Waals surface area contributed by atoms with Crippen molar-refractivity contribution in [2.24, 2.45) is 0 Å². The summed E-state index contributed by atoms with van der Waals surface area (Å²) in [5.74, 6) is -0.613. The van der Waals surface area contributed by atoms with Crippen LogP contribution < -0.4 is 15.5 Å². The number of hydrogen-bond acceptors (Lipinski definition) is 5. The van der Waals surface area contributed by atoms with Crippen LogP contribution in [0, 0.1) is 5.82 Å². The molecule has 0 saturated carbocycles. The van der Waals surface area contributed by atoms with Gasteiger partial charge in [-0.3, -0.25) is 4.79 Å². The number of carbonyl (C=O) groups is 1. The number of nitrogens with two attached hydrogens (primary N) is 1. The van der Waals surface area contributed by atoms with Gasteiger partial charge < -0.3 is 15.5 Å². The van der Waals surface area contributed by atoms with Crippen molar-refractivity contribution < 1.29 is 9.18 Å². The zero-order chi connectivity index (χ0) is 15.6. The van der Waals surface area contributed by atoms with Gasteiger partial charge in [-0.2, -0.15) is 0 Å². The summed E-state index contributed by atoms with van der Waals surface area (Å²) in [6.45, 7) is 2.13. The van der Waals surface area contributed by atoms with Gasteiger partial charge in [0.15, 0.2) is 5.13 Å². The summed E-state index contributed by atoms with van der Waals surface area (Å²) in [7, 11) is 3.64.